The van der Waals surface area contributed by atoms with Crippen LogP contribution in [0.2, 0.25) is 0 Å². The van der Waals surface area contributed by atoms with Gasteiger partial charge in [0.2, 0.25) is 0 Å². The van der Waals surface area contributed by atoms with Crippen molar-refractivity contribution in [2.75, 3.05) is 20.1 Å². The Hall–Kier alpha value is -2.44. The molecule has 0 atom stereocenters. The van der Waals surface area contributed by atoms with E-state index in [1.165, 1.54) is 7.05 Å². The number of carbonyl (C=O) groups excluding carboxylic acids is 1. The van der Waals surface area contributed by atoms with E-state index in [4.69, 9.17) is 0 Å². The molecule has 0 heterocycles. The van der Waals surface area contributed by atoms with Gasteiger partial charge in [-0.3, -0.25) is 9.79 Å². The zero-order valence-corrected chi connectivity index (χ0v) is 18.1. The van der Waals surface area contributed by atoms with Crippen LogP contribution >= 0.6 is 24.0 Å². The highest BCUT2D eigenvalue weighted by molar-refractivity contribution is 14.0. The molecule has 0 saturated heterocycles. The maximum atomic E-state index is 13.6. The standard InChI is InChI=1S/C19H19F5N4O.HI/c1-25-18(28-11-13-10-15(20)6-7-16(13)21)27-9-8-26-17(29)12-2-4-14(5-3-12)19(22,23)24;/h2-7,10H,8-9,11H2,1H3,(H,26,29)(H2,25,27,28);1H. The molecule has 0 bridgehead atoms. The summed E-state index contributed by atoms with van der Waals surface area (Å²) in [5.74, 6) is -1.34. The van der Waals surface area contributed by atoms with Gasteiger partial charge in [-0.05, 0) is 42.5 Å². The minimum Gasteiger partial charge on any atom is -0.355 e. The van der Waals surface area contributed by atoms with E-state index in [0.29, 0.717) is 5.96 Å². The van der Waals surface area contributed by atoms with E-state index in [1.807, 2.05) is 0 Å². The predicted molar refractivity (Wildman–Crippen MR) is 114 cm³/mol. The average molecular weight is 542 g/mol. The second kappa shape index (κ2) is 11.7. The van der Waals surface area contributed by atoms with E-state index in [-0.39, 0.29) is 54.7 Å². The number of hydrogen-bond acceptors (Lipinski definition) is 2. The van der Waals surface area contributed by atoms with Gasteiger partial charge in [0.05, 0.1) is 5.56 Å². The Balaban J connectivity index is 0.00000450. The van der Waals surface area contributed by atoms with Crippen LogP contribution in [0.3, 0.4) is 0 Å². The fraction of sp³-hybridized carbons (Fsp3) is 0.263. The summed E-state index contributed by atoms with van der Waals surface area (Å²) in [5.41, 5.74) is -0.606. The normalized spacial score (nSPS) is 11.5. The smallest absolute Gasteiger partial charge is 0.355 e. The van der Waals surface area contributed by atoms with Crippen LogP contribution in [-0.4, -0.2) is 32.0 Å². The van der Waals surface area contributed by atoms with Gasteiger partial charge in [-0.15, -0.1) is 24.0 Å². The number of amides is 1. The first kappa shape index (κ1) is 25.6. The molecule has 0 aliphatic rings. The first-order valence-electron chi connectivity index (χ1n) is 8.54. The van der Waals surface area contributed by atoms with Gasteiger partial charge in [0.1, 0.15) is 11.6 Å². The molecule has 1 amide bonds. The minimum absolute atomic E-state index is 0. The number of aliphatic imine (C=N–C) groups is 1. The summed E-state index contributed by atoms with van der Waals surface area (Å²) in [6.45, 7) is 0.410. The van der Waals surface area contributed by atoms with Crippen molar-refractivity contribution >= 4 is 35.8 Å². The minimum atomic E-state index is -4.46. The largest absolute Gasteiger partial charge is 0.416 e. The van der Waals surface area contributed by atoms with E-state index >= 15 is 0 Å². The number of halogens is 6. The number of hydrogen-bond donors (Lipinski definition) is 3. The summed E-state index contributed by atoms with van der Waals surface area (Å²) in [7, 11) is 1.48. The van der Waals surface area contributed by atoms with Crippen LogP contribution in [0.4, 0.5) is 22.0 Å². The summed E-state index contributed by atoms with van der Waals surface area (Å²) in [6, 6.07) is 6.98. The van der Waals surface area contributed by atoms with Gasteiger partial charge >= 0.3 is 6.18 Å². The first-order chi connectivity index (χ1) is 13.7. The quantitative estimate of drug-likeness (QED) is 0.172. The second-order valence-electron chi connectivity index (χ2n) is 5.92. The molecule has 2 aromatic rings. The molecule has 0 unspecified atom stereocenters. The topological polar surface area (TPSA) is 65.5 Å². The number of nitrogens with zero attached hydrogens (tertiary/aromatic N) is 1. The number of rotatable bonds is 6. The number of benzene rings is 2. The Kier molecular flexibility index (Phi) is 9.96. The van der Waals surface area contributed by atoms with Crippen molar-refractivity contribution in [2.24, 2.45) is 4.99 Å². The van der Waals surface area contributed by atoms with Gasteiger partial charge < -0.3 is 16.0 Å². The third kappa shape index (κ3) is 7.76. The lowest BCUT2D eigenvalue weighted by Gasteiger charge is -2.13. The SMILES string of the molecule is CN=C(NCCNC(=O)c1ccc(C(F)(F)F)cc1)NCc1cc(F)ccc1F.I. The van der Waals surface area contributed by atoms with Crippen LogP contribution in [0.25, 0.3) is 0 Å². The molecule has 0 saturated carbocycles. The van der Waals surface area contributed by atoms with Crippen LogP contribution in [0.5, 0.6) is 0 Å². The van der Waals surface area contributed by atoms with Crippen molar-refractivity contribution < 1.29 is 26.7 Å². The Morgan fingerprint density at radius 1 is 0.967 bits per heavy atom. The Bertz CT molecular complexity index is 872. The van der Waals surface area contributed by atoms with Crippen LogP contribution in [0, 0.1) is 11.6 Å². The molecule has 2 rings (SSSR count). The zero-order valence-electron chi connectivity index (χ0n) is 15.8. The first-order valence-corrected chi connectivity index (χ1v) is 8.54. The summed E-state index contributed by atoms with van der Waals surface area (Å²) in [5, 5.41) is 8.23. The number of alkyl halides is 3. The van der Waals surface area contributed by atoms with Crippen LogP contribution in [0.15, 0.2) is 47.5 Å². The highest BCUT2D eigenvalue weighted by Crippen LogP contribution is 2.29. The van der Waals surface area contributed by atoms with Gasteiger partial charge in [-0.2, -0.15) is 13.2 Å². The van der Waals surface area contributed by atoms with E-state index in [1.54, 1.807) is 0 Å². The van der Waals surface area contributed by atoms with E-state index in [9.17, 15) is 26.7 Å². The molecule has 0 aromatic heterocycles. The molecule has 5 nitrogen and oxygen atoms in total. The second-order valence-corrected chi connectivity index (χ2v) is 5.92. The van der Waals surface area contributed by atoms with E-state index in [2.05, 4.69) is 20.9 Å². The third-order valence-corrected chi connectivity index (χ3v) is 3.86. The molecule has 0 radical (unpaired) electrons. The number of guanidine groups is 1. The van der Waals surface area contributed by atoms with Crippen LogP contribution in [0.1, 0.15) is 21.5 Å². The molecule has 0 spiro atoms. The summed E-state index contributed by atoms with van der Waals surface area (Å²) >= 11 is 0. The molecule has 0 fully saturated rings. The molecule has 3 N–H and O–H groups in total. The van der Waals surface area contributed by atoms with E-state index in [0.717, 1.165) is 42.5 Å². The van der Waals surface area contributed by atoms with Crippen molar-refractivity contribution in [3.05, 3.63) is 70.8 Å². The highest BCUT2D eigenvalue weighted by atomic mass is 127. The van der Waals surface area contributed by atoms with E-state index < -0.39 is 29.3 Å². The molecule has 164 valence electrons. The average Bonchev–Trinajstić information content (AvgIpc) is 2.69. The fourth-order valence-corrected chi connectivity index (χ4v) is 2.35. The van der Waals surface area contributed by atoms with Gasteiger partial charge in [0, 0.05) is 37.8 Å². The zero-order chi connectivity index (χ0) is 21.4. The Morgan fingerprint density at radius 2 is 1.60 bits per heavy atom. The summed E-state index contributed by atoms with van der Waals surface area (Å²) in [4.78, 5) is 15.9. The Labute approximate surface area is 187 Å². The molecule has 30 heavy (non-hydrogen) atoms. The third-order valence-electron chi connectivity index (χ3n) is 3.86. The lowest BCUT2D eigenvalue weighted by atomic mass is 10.1. The molecular formula is C19H20F5IN4O. The summed E-state index contributed by atoms with van der Waals surface area (Å²) in [6.07, 6.45) is -4.46. The van der Waals surface area contributed by atoms with Crippen molar-refractivity contribution in [2.45, 2.75) is 12.7 Å². The fourth-order valence-electron chi connectivity index (χ4n) is 2.35. The maximum Gasteiger partial charge on any atom is 0.416 e. The van der Waals surface area contributed by atoms with Gasteiger partial charge in [-0.25, -0.2) is 8.78 Å². The number of carbonyl (C=O) groups is 1. The van der Waals surface area contributed by atoms with Crippen molar-refractivity contribution in [1.82, 2.24) is 16.0 Å². The highest BCUT2D eigenvalue weighted by Gasteiger charge is 2.30. The summed E-state index contributed by atoms with van der Waals surface area (Å²) < 4.78 is 64.3. The maximum absolute atomic E-state index is 13.6. The molecular weight excluding hydrogens is 522 g/mol. The predicted octanol–water partition coefficient (Wildman–Crippen LogP) is 3.70. The monoisotopic (exact) mass is 542 g/mol. The van der Waals surface area contributed by atoms with Crippen LogP contribution < -0.4 is 16.0 Å². The van der Waals surface area contributed by atoms with Gasteiger partial charge in [0.25, 0.3) is 5.91 Å². The van der Waals surface area contributed by atoms with Crippen LogP contribution in [-0.2, 0) is 12.7 Å². The number of nitrogens with one attached hydrogen (secondary N) is 3. The molecule has 0 aliphatic heterocycles. The van der Waals surface area contributed by atoms with Crippen molar-refractivity contribution in [1.29, 1.82) is 0 Å². The lowest BCUT2D eigenvalue weighted by Crippen LogP contribution is -2.41. The Morgan fingerprint density at radius 3 is 2.20 bits per heavy atom. The molecule has 2 aromatic carbocycles. The lowest BCUT2D eigenvalue weighted by molar-refractivity contribution is -0.137. The van der Waals surface area contributed by atoms with Gasteiger partial charge in [-0.1, -0.05) is 0 Å². The van der Waals surface area contributed by atoms with Crippen molar-refractivity contribution in [3.63, 3.8) is 0 Å². The molecule has 11 heteroatoms. The van der Waals surface area contributed by atoms with Gasteiger partial charge in [0.15, 0.2) is 5.96 Å². The van der Waals surface area contributed by atoms with Crippen molar-refractivity contribution in [3.8, 4) is 0 Å². The molecule has 0 aliphatic carbocycles.